The molecular formula is C16H28FN3. The first-order valence-electron chi connectivity index (χ1n) is 7.40. The quantitative estimate of drug-likeness (QED) is 0.829. The number of anilines is 1. The lowest BCUT2D eigenvalue weighted by Crippen LogP contribution is -2.35. The monoisotopic (exact) mass is 281 g/mol. The highest BCUT2D eigenvalue weighted by Gasteiger charge is 2.18. The number of pyridine rings is 1. The zero-order valence-corrected chi connectivity index (χ0v) is 13.6. The van der Waals surface area contributed by atoms with E-state index in [0.717, 1.165) is 17.9 Å². The Balaban J connectivity index is 2.89. The van der Waals surface area contributed by atoms with Crippen LogP contribution in [-0.2, 0) is 6.54 Å². The van der Waals surface area contributed by atoms with E-state index in [0.29, 0.717) is 24.4 Å². The van der Waals surface area contributed by atoms with Crippen LogP contribution in [-0.4, -0.2) is 24.6 Å². The molecule has 0 radical (unpaired) electrons. The third-order valence-electron chi connectivity index (χ3n) is 3.69. The third-order valence-corrected chi connectivity index (χ3v) is 3.69. The second-order valence-electron chi connectivity index (χ2n) is 6.26. The van der Waals surface area contributed by atoms with Crippen molar-refractivity contribution in [3.8, 4) is 0 Å². The highest BCUT2D eigenvalue weighted by molar-refractivity contribution is 5.47. The molecule has 0 aromatic carbocycles. The van der Waals surface area contributed by atoms with Gasteiger partial charge in [0.05, 0.1) is 6.20 Å². The standard InChI is InChI=1S/C16H28FN3/c1-11(2)8-18-9-14-7-15(17)10-19-16(14)20(6)13(5)12(3)4/h7,10-13,18H,8-9H2,1-6H3. The molecule has 114 valence electrons. The number of nitrogens with zero attached hydrogens (tertiary/aromatic N) is 2. The molecule has 0 aliphatic heterocycles. The van der Waals surface area contributed by atoms with E-state index in [1.54, 1.807) is 6.07 Å². The van der Waals surface area contributed by atoms with Crippen LogP contribution in [0.5, 0.6) is 0 Å². The molecular weight excluding hydrogens is 253 g/mol. The van der Waals surface area contributed by atoms with Crippen molar-refractivity contribution in [2.75, 3.05) is 18.5 Å². The summed E-state index contributed by atoms with van der Waals surface area (Å²) in [6.45, 7) is 12.4. The summed E-state index contributed by atoms with van der Waals surface area (Å²) < 4.78 is 13.4. The first kappa shape index (κ1) is 16.9. The minimum absolute atomic E-state index is 0.277. The highest BCUT2D eigenvalue weighted by Crippen LogP contribution is 2.22. The van der Waals surface area contributed by atoms with E-state index in [1.165, 1.54) is 6.20 Å². The Morgan fingerprint density at radius 2 is 1.90 bits per heavy atom. The molecule has 0 amide bonds. The lowest BCUT2D eigenvalue weighted by atomic mass is 10.0. The maximum absolute atomic E-state index is 13.4. The van der Waals surface area contributed by atoms with Gasteiger partial charge in [0.1, 0.15) is 11.6 Å². The van der Waals surface area contributed by atoms with Gasteiger partial charge >= 0.3 is 0 Å². The van der Waals surface area contributed by atoms with E-state index in [-0.39, 0.29) is 5.82 Å². The summed E-state index contributed by atoms with van der Waals surface area (Å²) in [5.41, 5.74) is 0.917. The highest BCUT2D eigenvalue weighted by atomic mass is 19.1. The zero-order valence-electron chi connectivity index (χ0n) is 13.6. The lowest BCUT2D eigenvalue weighted by molar-refractivity contribution is 0.498. The number of halogens is 1. The van der Waals surface area contributed by atoms with Crippen LogP contribution in [0.15, 0.2) is 12.3 Å². The van der Waals surface area contributed by atoms with Gasteiger partial charge in [0.25, 0.3) is 0 Å². The number of hydrogen-bond acceptors (Lipinski definition) is 3. The molecule has 1 aromatic heterocycles. The van der Waals surface area contributed by atoms with Crippen molar-refractivity contribution in [3.63, 3.8) is 0 Å². The van der Waals surface area contributed by atoms with Gasteiger partial charge in [-0.2, -0.15) is 0 Å². The maximum atomic E-state index is 13.4. The minimum Gasteiger partial charge on any atom is -0.356 e. The van der Waals surface area contributed by atoms with E-state index < -0.39 is 0 Å². The van der Waals surface area contributed by atoms with E-state index in [2.05, 4.69) is 49.8 Å². The fourth-order valence-corrected chi connectivity index (χ4v) is 2.06. The van der Waals surface area contributed by atoms with Gasteiger partial charge in [-0.3, -0.25) is 0 Å². The first-order chi connectivity index (χ1) is 9.32. The smallest absolute Gasteiger partial charge is 0.141 e. The molecule has 4 heteroatoms. The van der Waals surface area contributed by atoms with E-state index in [9.17, 15) is 4.39 Å². The van der Waals surface area contributed by atoms with Crippen LogP contribution in [0.3, 0.4) is 0 Å². The van der Waals surface area contributed by atoms with Crippen molar-refractivity contribution in [2.45, 2.75) is 47.2 Å². The minimum atomic E-state index is -0.277. The first-order valence-corrected chi connectivity index (χ1v) is 7.40. The molecule has 1 unspecified atom stereocenters. The van der Waals surface area contributed by atoms with E-state index in [1.807, 2.05) is 7.05 Å². The molecule has 0 saturated carbocycles. The summed E-state index contributed by atoms with van der Waals surface area (Å²) in [5.74, 6) is 1.68. The van der Waals surface area contributed by atoms with Gasteiger partial charge in [-0.25, -0.2) is 9.37 Å². The fourth-order valence-electron chi connectivity index (χ4n) is 2.06. The predicted molar refractivity (Wildman–Crippen MR) is 83.4 cm³/mol. The number of nitrogens with one attached hydrogen (secondary N) is 1. The SMILES string of the molecule is CC(C)CNCc1cc(F)cnc1N(C)C(C)C(C)C. The Bertz CT molecular complexity index is 418. The van der Waals surface area contributed by atoms with Crippen LogP contribution in [0, 0.1) is 17.7 Å². The molecule has 1 atom stereocenters. The maximum Gasteiger partial charge on any atom is 0.141 e. The predicted octanol–water partition coefficient (Wildman–Crippen LogP) is 3.45. The summed E-state index contributed by atoms with van der Waals surface area (Å²) in [5, 5.41) is 3.36. The van der Waals surface area contributed by atoms with E-state index >= 15 is 0 Å². The van der Waals surface area contributed by atoms with Crippen molar-refractivity contribution < 1.29 is 4.39 Å². The summed E-state index contributed by atoms with van der Waals surface area (Å²) >= 11 is 0. The molecule has 1 aromatic rings. The van der Waals surface area contributed by atoms with Gasteiger partial charge in [0, 0.05) is 25.2 Å². The van der Waals surface area contributed by atoms with Gasteiger partial charge < -0.3 is 10.2 Å². The summed E-state index contributed by atoms with van der Waals surface area (Å²) in [4.78, 5) is 6.43. The topological polar surface area (TPSA) is 28.2 Å². The van der Waals surface area contributed by atoms with Gasteiger partial charge in [-0.1, -0.05) is 27.7 Å². The third kappa shape index (κ3) is 4.75. The van der Waals surface area contributed by atoms with Crippen LogP contribution in [0.2, 0.25) is 0 Å². The van der Waals surface area contributed by atoms with Crippen molar-refractivity contribution in [2.24, 2.45) is 11.8 Å². The Morgan fingerprint density at radius 3 is 2.45 bits per heavy atom. The molecule has 0 saturated heterocycles. The van der Waals surface area contributed by atoms with Crippen molar-refractivity contribution in [1.29, 1.82) is 0 Å². The van der Waals surface area contributed by atoms with Gasteiger partial charge in [0.2, 0.25) is 0 Å². The second kappa shape index (κ2) is 7.58. The number of hydrogen-bond donors (Lipinski definition) is 1. The summed E-state index contributed by atoms with van der Waals surface area (Å²) in [6, 6.07) is 1.94. The van der Waals surface area contributed by atoms with Crippen LogP contribution in [0.25, 0.3) is 0 Å². The Labute approximate surface area is 122 Å². The van der Waals surface area contributed by atoms with Crippen molar-refractivity contribution >= 4 is 5.82 Å². The average Bonchev–Trinajstić information content (AvgIpc) is 2.36. The van der Waals surface area contributed by atoms with Crippen molar-refractivity contribution in [3.05, 3.63) is 23.6 Å². The van der Waals surface area contributed by atoms with Crippen LogP contribution >= 0.6 is 0 Å². The largest absolute Gasteiger partial charge is 0.356 e. The van der Waals surface area contributed by atoms with E-state index in [4.69, 9.17) is 0 Å². The molecule has 20 heavy (non-hydrogen) atoms. The Morgan fingerprint density at radius 1 is 1.25 bits per heavy atom. The van der Waals surface area contributed by atoms with Crippen molar-refractivity contribution in [1.82, 2.24) is 10.3 Å². The molecule has 0 fully saturated rings. The zero-order chi connectivity index (χ0) is 15.3. The molecule has 1 N–H and O–H groups in total. The average molecular weight is 281 g/mol. The van der Waals surface area contributed by atoms with Crippen LogP contribution < -0.4 is 10.2 Å². The normalized spacial score (nSPS) is 13.1. The summed E-state index contributed by atoms with van der Waals surface area (Å²) in [6.07, 6.45) is 1.30. The van der Waals surface area contributed by atoms with Crippen LogP contribution in [0.1, 0.15) is 40.2 Å². The van der Waals surface area contributed by atoms with Crippen LogP contribution in [0.4, 0.5) is 10.2 Å². The molecule has 1 rings (SSSR count). The molecule has 0 aliphatic rings. The molecule has 0 spiro atoms. The molecule has 1 heterocycles. The lowest BCUT2D eigenvalue weighted by Gasteiger charge is -2.30. The Kier molecular flexibility index (Phi) is 6.40. The fraction of sp³-hybridized carbons (Fsp3) is 0.688. The van der Waals surface area contributed by atoms with Gasteiger partial charge in [-0.05, 0) is 31.4 Å². The molecule has 3 nitrogen and oxygen atoms in total. The second-order valence-corrected chi connectivity index (χ2v) is 6.26. The van der Waals surface area contributed by atoms with Gasteiger partial charge in [-0.15, -0.1) is 0 Å². The summed E-state index contributed by atoms with van der Waals surface area (Å²) in [7, 11) is 2.02. The number of rotatable bonds is 7. The van der Waals surface area contributed by atoms with Gasteiger partial charge in [0.15, 0.2) is 0 Å². The Hall–Kier alpha value is -1.16. The molecule has 0 bridgehead atoms. The number of aromatic nitrogens is 1. The molecule has 0 aliphatic carbocycles.